The van der Waals surface area contributed by atoms with Crippen molar-refractivity contribution in [3.8, 4) is 17.2 Å². The molecular weight excluding hydrogens is 544 g/mol. The number of piperidine rings is 1. The van der Waals surface area contributed by atoms with E-state index in [0.29, 0.717) is 45.5 Å². The van der Waals surface area contributed by atoms with Gasteiger partial charge in [0.15, 0.2) is 0 Å². The summed E-state index contributed by atoms with van der Waals surface area (Å²) in [6.07, 6.45) is 2.62. The van der Waals surface area contributed by atoms with Gasteiger partial charge >= 0.3 is 0 Å². The molecule has 4 rings (SSSR count). The Balaban J connectivity index is 1.18. The molecule has 0 radical (unpaired) electrons. The molecule has 0 aromatic heterocycles. The fourth-order valence-electron chi connectivity index (χ4n) is 5.32. The molecule has 2 atom stereocenters. The minimum atomic E-state index is -0.0245. The molecule has 43 heavy (non-hydrogen) atoms. The van der Waals surface area contributed by atoms with Gasteiger partial charge in [0.2, 0.25) is 5.91 Å². The number of carbonyl (C=O) groups is 1. The van der Waals surface area contributed by atoms with Crippen LogP contribution in [0.2, 0.25) is 0 Å². The number of hydrogen-bond donors (Lipinski definition) is 2. The molecule has 0 bridgehead atoms. The van der Waals surface area contributed by atoms with Gasteiger partial charge in [-0.25, -0.2) is 0 Å². The highest BCUT2D eigenvalue weighted by atomic mass is 16.5. The Morgan fingerprint density at radius 3 is 2.58 bits per heavy atom. The first kappa shape index (κ1) is 32.3. The van der Waals surface area contributed by atoms with E-state index in [1.165, 1.54) is 18.1 Å². The zero-order valence-electron chi connectivity index (χ0n) is 25.7. The molecule has 0 unspecified atom stereocenters. The molecule has 8 heteroatoms. The Morgan fingerprint density at radius 1 is 0.930 bits per heavy atom. The van der Waals surface area contributed by atoms with E-state index in [9.17, 15) is 4.79 Å². The maximum atomic E-state index is 11.2. The highest BCUT2D eigenvalue weighted by Crippen LogP contribution is 2.29. The lowest BCUT2D eigenvalue weighted by Gasteiger charge is -2.32. The van der Waals surface area contributed by atoms with Crippen molar-refractivity contribution in [3.05, 3.63) is 89.0 Å². The van der Waals surface area contributed by atoms with Crippen LogP contribution in [0, 0.1) is 6.92 Å². The van der Waals surface area contributed by atoms with Gasteiger partial charge in [-0.3, -0.25) is 4.79 Å². The van der Waals surface area contributed by atoms with E-state index in [1.807, 2.05) is 48.5 Å². The molecular formula is C35H46N2O6. The SMILES string of the molecule is COc1ccccc1COCCCOc1ccc([C@H]2CCNC[C@@H]2OCCOc2ccc(C)cc2CCNC(C)=O)cc1. The molecule has 0 saturated carbocycles. The molecule has 1 aliphatic heterocycles. The zero-order chi connectivity index (χ0) is 30.3. The third kappa shape index (κ3) is 10.6. The van der Waals surface area contributed by atoms with E-state index in [-0.39, 0.29) is 12.0 Å². The van der Waals surface area contributed by atoms with Gasteiger partial charge in [0.1, 0.15) is 23.9 Å². The Labute approximate surface area is 256 Å². The second-order valence-corrected chi connectivity index (χ2v) is 10.8. The van der Waals surface area contributed by atoms with Crippen molar-refractivity contribution in [1.82, 2.24) is 10.6 Å². The van der Waals surface area contributed by atoms with Crippen LogP contribution in [0.3, 0.4) is 0 Å². The number of benzene rings is 3. The van der Waals surface area contributed by atoms with Crippen LogP contribution in [0.15, 0.2) is 66.7 Å². The van der Waals surface area contributed by atoms with Gasteiger partial charge in [0.25, 0.3) is 0 Å². The topological polar surface area (TPSA) is 87.3 Å². The van der Waals surface area contributed by atoms with Crippen molar-refractivity contribution in [2.24, 2.45) is 0 Å². The van der Waals surface area contributed by atoms with E-state index >= 15 is 0 Å². The summed E-state index contributed by atoms with van der Waals surface area (Å²) in [5.74, 6) is 2.84. The molecule has 0 spiro atoms. The monoisotopic (exact) mass is 590 g/mol. The van der Waals surface area contributed by atoms with Crippen LogP contribution in [-0.2, 0) is 27.3 Å². The molecule has 2 N–H and O–H groups in total. The zero-order valence-corrected chi connectivity index (χ0v) is 25.7. The summed E-state index contributed by atoms with van der Waals surface area (Å²) in [7, 11) is 1.67. The van der Waals surface area contributed by atoms with Crippen LogP contribution in [-0.4, -0.2) is 65.2 Å². The summed E-state index contributed by atoms with van der Waals surface area (Å²) in [6.45, 7) is 8.67. The molecule has 1 heterocycles. The van der Waals surface area contributed by atoms with Crippen molar-refractivity contribution in [3.63, 3.8) is 0 Å². The molecule has 1 aliphatic rings. The highest BCUT2D eigenvalue weighted by molar-refractivity contribution is 5.72. The number of rotatable bonds is 17. The summed E-state index contributed by atoms with van der Waals surface area (Å²) >= 11 is 0. The largest absolute Gasteiger partial charge is 0.496 e. The smallest absolute Gasteiger partial charge is 0.216 e. The van der Waals surface area contributed by atoms with Crippen molar-refractivity contribution in [1.29, 1.82) is 0 Å². The maximum Gasteiger partial charge on any atom is 0.216 e. The van der Waals surface area contributed by atoms with Gasteiger partial charge in [-0.2, -0.15) is 0 Å². The van der Waals surface area contributed by atoms with Gasteiger partial charge in [-0.15, -0.1) is 0 Å². The number of para-hydroxylation sites is 1. The summed E-state index contributed by atoms with van der Waals surface area (Å²) in [4.78, 5) is 11.2. The summed E-state index contributed by atoms with van der Waals surface area (Å²) < 4.78 is 29.6. The minimum Gasteiger partial charge on any atom is -0.496 e. The van der Waals surface area contributed by atoms with Crippen LogP contribution in [0.5, 0.6) is 17.2 Å². The lowest BCUT2D eigenvalue weighted by molar-refractivity contribution is -0.118. The fourth-order valence-corrected chi connectivity index (χ4v) is 5.32. The van der Waals surface area contributed by atoms with E-state index in [1.54, 1.807) is 7.11 Å². The second kappa shape index (κ2) is 17.5. The quantitative estimate of drug-likeness (QED) is 0.209. The van der Waals surface area contributed by atoms with Crippen LogP contribution in [0.25, 0.3) is 0 Å². The van der Waals surface area contributed by atoms with Gasteiger partial charge in [0, 0.05) is 37.9 Å². The normalized spacial score (nSPS) is 16.4. The van der Waals surface area contributed by atoms with E-state index in [0.717, 1.165) is 60.7 Å². The molecule has 0 aliphatic carbocycles. The van der Waals surface area contributed by atoms with Crippen molar-refractivity contribution in [2.45, 2.75) is 51.7 Å². The Bertz CT molecular complexity index is 1270. The summed E-state index contributed by atoms with van der Waals surface area (Å²) in [5, 5.41) is 6.33. The van der Waals surface area contributed by atoms with Crippen molar-refractivity contribution >= 4 is 5.91 Å². The van der Waals surface area contributed by atoms with E-state index < -0.39 is 0 Å². The predicted molar refractivity (Wildman–Crippen MR) is 168 cm³/mol. The van der Waals surface area contributed by atoms with Crippen molar-refractivity contribution in [2.75, 3.05) is 53.2 Å². The second-order valence-electron chi connectivity index (χ2n) is 10.8. The predicted octanol–water partition coefficient (Wildman–Crippen LogP) is 5.21. The lowest BCUT2D eigenvalue weighted by atomic mass is 9.88. The average Bonchev–Trinajstić information content (AvgIpc) is 3.02. The Hall–Kier alpha value is -3.59. The summed E-state index contributed by atoms with van der Waals surface area (Å²) in [6, 6.07) is 22.5. The van der Waals surface area contributed by atoms with Crippen LogP contribution >= 0.6 is 0 Å². The Kier molecular flexibility index (Phi) is 13.2. The number of ether oxygens (including phenoxy) is 5. The average molecular weight is 591 g/mol. The van der Waals surface area contributed by atoms with Gasteiger partial charge in [-0.1, -0.05) is 48.0 Å². The van der Waals surface area contributed by atoms with Gasteiger partial charge in [-0.05, 0) is 61.7 Å². The third-order valence-electron chi connectivity index (χ3n) is 7.54. The first-order valence-corrected chi connectivity index (χ1v) is 15.2. The van der Waals surface area contributed by atoms with Gasteiger partial charge in [0.05, 0.1) is 39.6 Å². The molecule has 232 valence electrons. The maximum absolute atomic E-state index is 11.2. The van der Waals surface area contributed by atoms with E-state index in [2.05, 4.69) is 35.8 Å². The number of nitrogens with one attached hydrogen (secondary N) is 2. The number of methoxy groups -OCH3 is 1. The van der Waals surface area contributed by atoms with Crippen LogP contribution in [0.4, 0.5) is 0 Å². The first-order valence-electron chi connectivity index (χ1n) is 15.2. The van der Waals surface area contributed by atoms with Gasteiger partial charge < -0.3 is 34.3 Å². The molecule has 8 nitrogen and oxygen atoms in total. The number of hydrogen-bond acceptors (Lipinski definition) is 7. The highest BCUT2D eigenvalue weighted by Gasteiger charge is 2.27. The molecule has 1 amide bonds. The summed E-state index contributed by atoms with van der Waals surface area (Å²) in [5.41, 5.74) is 4.57. The third-order valence-corrected chi connectivity index (χ3v) is 7.54. The fraction of sp³-hybridized carbons (Fsp3) is 0.457. The Morgan fingerprint density at radius 2 is 1.77 bits per heavy atom. The number of aryl methyl sites for hydroxylation is 1. The molecule has 3 aromatic rings. The van der Waals surface area contributed by atoms with E-state index in [4.69, 9.17) is 23.7 Å². The van der Waals surface area contributed by atoms with Crippen LogP contribution in [0.1, 0.15) is 47.9 Å². The van der Waals surface area contributed by atoms with Crippen molar-refractivity contribution < 1.29 is 28.5 Å². The number of carbonyl (C=O) groups excluding carboxylic acids is 1. The molecule has 1 fully saturated rings. The minimum absolute atomic E-state index is 0.0245. The molecule has 3 aromatic carbocycles. The first-order chi connectivity index (χ1) is 21.0. The van der Waals surface area contributed by atoms with Crippen LogP contribution < -0.4 is 24.8 Å². The lowest BCUT2D eigenvalue weighted by Crippen LogP contribution is -2.41. The molecule has 1 saturated heterocycles. The standard InChI is InChI=1S/C35H46N2O6/c1-26-9-14-34(29(23-26)15-18-37-27(2)38)42-21-22-43-35-24-36-17-16-32(35)28-10-12-31(13-11-28)41-20-6-19-40-25-30-7-4-5-8-33(30)39-3/h4-5,7-14,23,32,35-36H,6,15-22,24-25H2,1-3H3,(H,37,38)/t32-,35+/m1/s1. The number of amides is 1.